The van der Waals surface area contributed by atoms with Gasteiger partial charge in [-0.15, -0.1) is 0 Å². The molecule has 0 aromatic heterocycles. The van der Waals surface area contributed by atoms with Gasteiger partial charge in [0.25, 0.3) is 0 Å². The average molecular weight is 186 g/mol. The molecule has 1 atom stereocenters. The van der Waals surface area contributed by atoms with E-state index >= 15 is 0 Å². The van der Waals surface area contributed by atoms with Crippen molar-refractivity contribution < 1.29 is 4.74 Å². The summed E-state index contributed by atoms with van der Waals surface area (Å²) in [4.78, 5) is 0. The zero-order chi connectivity index (χ0) is 8.97. The molecule has 0 amide bonds. The summed E-state index contributed by atoms with van der Waals surface area (Å²) in [5, 5.41) is 0.678. The molecule has 2 nitrogen and oxygen atoms in total. The van der Waals surface area contributed by atoms with E-state index in [1.165, 1.54) is 0 Å². The summed E-state index contributed by atoms with van der Waals surface area (Å²) in [5.74, 6) is 0.764. The number of halogens is 1. The van der Waals surface area contributed by atoms with Crippen LogP contribution < -0.4 is 10.5 Å². The quantitative estimate of drug-likeness (QED) is 0.783. The van der Waals surface area contributed by atoms with E-state index in [9.17, 15) is 0 Å². The molecule has 1 rings (SSSR count). The van der Waals surface area contributed by atoms with Crippen molar-refractivity contribution in [2.24, 2.45) is 5.73 Å². The molecule has 0 fully saturated rings. The average Bonchev–Trinajstić information content (AvgIpc) is 2.04. The van der Waals surface area contributed by atoms with Crippen molar-refractivity contribution in [2.75, 3.05) is 6.54 Å². The second kappa shape index (κ2) is 4.33. The highest BCUT2D eigenvalue weighted by molar-refractivity contribution is 6.30. The van der Waals surface area contributed by atoms with Crippen LogP contribution in [0.1, 0.15) is 6.92 Å². The van der Waals surface area contributed by atoms with E-state index in [-0.39, 0.29) is 6.10 Å². The molecular formula is C9H12ClNO. The van der Waals surface area contributed by atoms with Crippen LogP contribution in [0.5, 0.6) is 5.75 Å². The predicted molar refractivity (Wildman–Crippen MR) is 50.6 cm³/mol. The Morgan fingerprint density at radius 1 is 1.58 bits per heavy atom. The Morgan fingerprint density at radius 3 is 2.92 bits per heavy atom. The van der Waals surface area contributed by atoms with E-state index in [0.29, 0.717) is 11.6 Å². The Hall–Kier alpha value is -0.730. The lowest BCUT2D eigenvalue weighted by atomic mass is 10.3. The summed E-state index contributed by atoms with van der Waals surface area (Å²) in [6.45, 7) is 2.42. The minimum Gasteiger partial charge on any atom is -0.489 e. The van der Waals surface area contributed by atoms with Gasteiger partial charge in [-0.2, -0.15) is 0 Å². The molecule has 0 aliphatic heterocycles. The van der Waals surface area contributed by atoms with Gasteiger partial charge in [0.05, 0.1) is 0 Å². The van der Waals surface area contributed by atoms with Crippen molar-refractivity contribution in [3.05, 3.63) is 29.3 Å². The van der Waals surface area contributed by atoms with Gasteiger partial charge in [-0.3, -0.25) is 0 Å². The maximum absolute atomic E-state index is 5.76. The van der Waals surface area contributed by atoms with Crippen molar-refractivity contribution in [1.29, 1.82) is 0 Å². The monoisotopic (exact) mass is 185 g/mol. The normalized spacial score (nSPS) is 12.6. The molecule has 0 saturated carbocycles. The van der Waals surface area contributed by atoms with Gasteiger partial charge in [-0.1, -0.05) is 17.7 Å². The van der Waals surface area contributed by atoms with Gasteiger partial charge in [0.15, 0.2) is 0 Å². The lowest BCUT2D eigenvalue weighted by Gasteiger charge is -2.11. The SMILES string of the molecule is CC(CN)Oc1cccc(Cl)c1. The third-order valence-corrected chi connectivity index (χ3v) is 1.70. The van der Waals surface area contributed by atoms with Crippen molar-refractivity contribution in [3.8, 4) is 5.75 Å². The van der Waals surface area contributed by atoms with E-state index < -0.39 is 0 Å². The topological polar surface area (TPSA) is 35.2 Å². The fourth-order valence-electron chi connectivity index (χ4n) is 0.821. The second-order valence-electron chi connectivity index (χ2n) is 2.62. The molecular weight excluding hydrogens is 174 g/mol. The Balaban J connectivity index is 2.63. The lowest BCUT2D eigenvalue weighted by Crippen LogP contribution is -2.22. The first-order chi connectivity index (χ1) is 5.72. The zero-order valence-corrected chi connectivity index (χ0v) is 7.71. The third kappa shape index (κ3) is 2.72. The van der Waals surface area contributed by atoms with Crippen LogP contribution in [-0.4, -0.2) is 12.6 Å². The van der Waals surface area contributed by atoms with Gasteiger partial charge < -0.3 is 10.5 Å². The summed E-state index contributed by atoms with van der Waals surface area (Å²) in [5.41, 5.74) is 5.40. The number of hydrogen-bond acceptors (Lipinski definition) is 2. The molecule has 0 saturated heterocycles. The summed E-state index contributed by atoms with van der Waals surface area (Å²) in [6, 6.07) is 7.29. The van der Waals surface area contributed by atoms with E-state index in [1.807, 2.05) is 25.1 Å². The largest absolute Gasteiger partial charge is 0.489 e. The van der Waals surface area contributed by atoms with Crippen molar-refractivity contribution in [2.45, 2.75) is 13.0 Å². The molecule has 0 radical (unpaired) electrons. The fraction of sp³-hybridized carbons (Fsp3) is 0.333. The molecule has 2 N–H and O–H groups in total. The molecule has 1 unspecified atom stereocenters. The van der Waals surface area contributed by atoms with Gasteiger partial charge in [-0.25, -0.2) is 0 Å². The van der Waals surface area contributed by atoms with Crippen LogP contribution >= 0.6 is 11.6 Å². The Morgan fingerprint density at radius 2 is 2.33 bits per heavy atom. The second-order valence-corrected chi connectivity index (χ2v) is 3.06. The van der Waals surface area contributed by atoms with Crippen LogP contribution in [0.2, 0.25) is 5.02 Å². The van der Waals surface area contributed by atoms with Gasteiger partial charge >= 0.3 is 0 Å². The Labute approximate surface area is 77.3 Å². The first kappa shape index (κ1) is 9.36. The van der Waals surface area contributed by atoms with E-state index in [0.717, 1.165) is 5.75 Å². The highest BCUT2D eigenvalue weighted by atomic mass is 35.5. The molecule has 0 aliphatic rings. The molecule has 1 aromatic carbocycles. The Bertz CT molecular complexity index is 252. The number of hydrogen-bond donors (Lipinski definition) is 1. The number of nitrogens with two attached hydrogens (primary N) is 1. The van der Waals surface area contributed by atoms with Crippen LogP contribution in [0, 0.1) is 0 Å². The summed E-state index contributed by atoms with van der Waals surface area (Å²) in [7, 11) is 0. The first-order valence-corrected chi connectivity index (χ1v) is 4.22. The van der Waals surface area contributed by atoms with E-state index in [4.69, 9.17) is 22.1 Å². The van der Waals surface area contributed by atoms with Gasteiger partial charge in [0, 0.05) is 11.6 Å². The fourth-order valence-corrected chi connectivity index (χ4v) is 1.00. The maximum atomic E-state index is 5.76. The van der Waals surface area contributed by atoms with Crippen LogP contribution in [-0.2, 0) is 0 Å². The summed E-state index contributed by atoms with van der Waals surface area (Å²) >= 11 is 5.76. The molecule has 0 bridgehead atoms. The molecule has 66 valence electrons. The van der Waals surface area contributed by atoms with Gasteiger partial charge in [0.2, 0.25) is 0 Å². The molecule has 1 aromatic rings. The Kier molecular flexibility index (Phi) is 3.38. The smallest absolute Gasteiger partial charge is 0.121 e. The van der Waals surface area contributed by atoms with Crippen LogP contribution in [0.4, 0.5) is 0 Å². The standard InChI is InChI=1S/C9H12ClNO/c1-7(6-11)12-9-4-2-3-8(10)5-9/h2-5,7H,6,11H2,1H3. The first-order valence-electron chi connectivity index (χ1n) is 3.84. The van der Waals surface area contributed by atoms with Crippen LogP contribution in [0.15, 0.2) is 24.3 Å². The van der Waals surface area contributed by atoms with Crippen molar-refractivity contribution >= 4 is 11.6 Å². The van der Waals surface area contributed by atoms with Crippen molar-refractivity contribution in [1.82, 2.24) is 0 Å². The minimum absolute atomic E-state index is 0.0310. The summed E-state index contributed by atoms with van der Waals surface area (Å²) < 4.78 is 5.43. The maximum Gasteiger partial charge on any atom is 0.121 e. The number of rotatable bonds is 3. The van der Waals surface area contributed by atoms with Crippen LogP contribution in [0.25, 0.3) is 0 Å². The van der Waals surface area contributed by atoms with E-state index in [2.05, 4.69) is 0 Å². The number of ether oxygens (including phenoxy) is 1. The third-order valence-electron chi connectivity index (χ3n) is 1.47. The minimum atomic E-state index is 0.0310. The van der Waals surface area contributed by atoms with Crippen molar-refractivity contribution in [3.63, 3.8) is 0 Å². The van der Waals surface area contributed by atoms with Crippen LogP contribution in [0.3, 0.4) is 0 Å². The number of benzene rings is 1. The highest BCUT2D eigenvalue weighted by Gasteiger charge is 2.00. The molecule has 0 spiro atoms. The molecule has 0 aliphatic carbocycles. The molecule has 12 heavy (non-hydrogen) atoms. The summed E-state index contributed by atoms with van der Waals surface area (Å²) in [6.07, 6.45) is 0.0310. The molecule has 3 heteroatoms. The van der Waals surface area contributed by atoms with Gasteiger partial charge in [-0.05, 0) is 25.1 Å². The van der Waals surface area contributed by atoms with Gasteiger partial charge in [0.1, 0.15) is 11.9 Å². The highest BCUT2D eigenvalue weighted by Crippen LogP contribution is 2.17. The van der Waals surface area contributed by atoms with E-state index in [1.54, 1.807) is 6.07 Å². The lowest BCUT2D eigenvalue weighted by molar-refractivity contribution is 0.230. The zero-order valence-electron chi connectivity index (χ0n) is 6.96. The predicted octanol–water partition coefficient (Wildman–Crippen LogP) is 2.07. The molecule has 0 heterocycles.